The monoisotopic (exact) mass is 454 g/mol. The van der Waals surface area contributed by atoms with E-state index in [1.54, 1.807) is 0 Å². The molecular formula is C16H11CuF6N3O2. The van der Waals surface area contributed by atoms with Gasteiger partial charge in [0.1, 0.15) is 17.3 Å². The maximum Gasteiger partial charge on any atom is 0.433 e. The van der Waals surface area contributed by atoms with Crippen molar-refractivity contribution in [2.24, 2.45) is 5.92 Å². The molecule has 2 aromatic rings. The number of halogens is 6. The zero-order chi connectivity index (χ0) is 20.4. The number of aromatic nitrogens is 2. The summed E-state index contributed by atoms with van der Waals surface area (Å²) >= 11 is 0. The molecule has 12 heteroatoms. The molecular weight excluding hydrogens is 444 g/mol. The van der Waals surface area contributed by atoms with Crippen LogP contribution in [0.2, 0.25) is 0 Å². The van der Waals surface area contributed by atoms with Crippen LogP contribution in [-0.2, 0) is 29.4 Å². The number of pyridine rings is 2. The largest absolute Gasteiger partial charge is 0.433 e. The van der Waals surface area contributed by atoms with Gasteiger partial charge in [0.05, 0.1) is 18.3 Å². The Bertz CT molecular complexity index is 790. The number of hydrogen-bond acceptors (Lipinski definition) is 5. The quantitative estimate of drug-likeness (QED) is 0.546. The number of alkyl halides is 6. The Kier molecular flexibility index (Phi) is 7.56. The van der Waals surface area contributed by atoms with Crippen LogP contribution in [0.3, 0.4) is 0 Å². The molecule has 2 rings (SSSR count). The molecule has 0 fully saturated rings. The van der Waals surface area contributed by atoms with E-state index in [0.717, 1.165) is 24.5 Å². The minimum Gasteiger partial charge on any atom is -0.387 e. The number of rotatable bonds is 4. The molecule has 155 valence electrons. The minimum atomic E-state index is -4.80. The van der Waals surface area contributed by atoms with Crippen molar-refractivity contribution in [2.75, 3.05) is 0 Å². The maximum absolute atomic E-state index is 12.7. The molecule has 2 unspecified atom stereocenters. The van der Waals surface area contributed by atoms with Crippen LogP contribution in [0.1, 0.15) is 34.7 Å². The fourth-order valence-electron chi connectivity index (χ4n) is 2.30. The van der Waals surface area contributed by atoms with E-state index in [1.807, 2.05) is 0 Å². The molecule has 0 aliphatic rings. The van der Waals surface area contributed by atoms with Gasteiger partial charge in [0.15, 0.2) is 0 Å². The Morgan fingerprint density at radius 1 is 0.821 bits per heavy atom. The molecule has 0 aliphatic carbocycles. The van der Waals surface area contributed by atoms with Crippen molar-refractivity contribution in [3.8, 4) is 6.07 Å². The van der Waals surface area contributed by atoms with Gasteiger partial charge in [0, 0.05) is 29.5 Å². The van der Waals surface area contributed by atoms with E-state index in [4.69, 9.17) is 0 Å². The molecule has 0 aliphatic heterocycles. The zero-order valence-electron chi connectivity index (χ0n) is 13.5. The van der Waals surface area contributed by atoms with Gasteiger partial charge in [-0.25, -0.2) is 0 Å². The second-order valence-electron chi connectivity index (χ2n) is 5.49. The fourth-order valence-corrected chi connectivity index (χ4v) is 2.30. The number of hydrogen-bond donors (Lipinski definition) is 2. The summed E-state index contributed by atoms with van der Waals surface area (Å²) < 4.78 is 76.3. The Morgan fingerprint density at radius 2 is 1.18 bits per heavy atom. The summed E-state index contributed by atoms with van der Waals surface area (Å²) in [6.45, 7) is 0. The third-order valence-electron chi connectivity index (χ3n) is 3.66. The normalized spacial score (nSPS) is 15.1. The predicted molar refractivity (Wildman–Crippen MR) is 77.5 cm³/mol. The summed E-state index contributed by atoms with van der Waals surface area (Å²) in [5.74, 6) is -1.74. The molecule has 2 atom stereocenters. The number of nitriles is 1. The molecule has 2 heterocycles. The second kappa shape index (κ2) is 8.87. The van der Waals surface area contributed by atoms with Gasteiger partial charge in [-0.2, -0.15) is 31.6 Å². The van der Waals surface area contributed by atoms with E-state index >= 15 is 0 Å². The molecule has 0 amide bonds. The van der Waals surface area contributed by atoms with Crippen molar-refractivity contribution in [3.05, 3.63) is 59.2 Å². The first-order chi connectivity index (χ1) is 12.4. The molecule has 2 aromatic heterocycles. The van der Waals surface area contributed by atoms with Gasteiger partial charge in [-0.15, -0.1) is 0 Å². The van der Waals surface area contributed by atoms with Crippen LogP contribution < -0.4 is 0 Å². The third-order valence-corrected chi connectivity index (χ3v) is 3.66. The summed E-state index contributed by atoms with van der Waals surface area (Å²) in [6.07, 6.45) is -11.9. The van der Waals surface area contributed by atoms with Crippen molar-refractivity contribution in [1.29, 1.82) is 5.26 Å². The van der Waals surface area contributed by atoms with Crippen LogP contribution >= 0.6 is 0 Å². The summed E-state index contributed by atoms with van der Waals surface area (Å²) in [4.78, 5) is 6.21. The van der Waals surface area contributed by atoms with Gasteiger partial charge in [0.2, 0.25) is 0 Å². The van der Waals surface area contributed by atoms with E-state index in [0.29, 0.717) is 12.1 Å². The minimum absolute atomic E-state index is 0. The second-order valence-corrected chi connectivity index (χ2v) is 5.49. The van der Waals surface area contributed by atoms with Gasteiger partial charge in [-0.05, 0) is 35.4 Å². The van der Waals surface area contributed by atoms with Crippen LogP contribution in [0.5, 0.6) is 0 Å². The SMILES string of the molecule is N#CC(C(O)c1ccnc(C(F)(F)F)c1)C(O)c1ccnc(C(F)(F)F)c1.[Cu]. The van der Waals surface area contributed by atoms with Gasteiger partial charge in [-0.3, -0.25) is 9.97 Å². The molecule has 0 bridgehead atoms. The predicted octanol–water partition coefficient (Wildman–Crippen LogP) is 3.42. The fraction of sp³-hybridized carbons (Fsp3) is 0.312. The summed E-state index contributed by atoms with van der Waals surface area (Å²) in [6, 6.07) is 4.51. The zero-order valence-corrected chi connectivity index (χ0v) is 14.4. The Hall–Kier alpha value is -2.19. The van der Waals surface area contributed by atoms with Crippen molar-refractivity contribution in [1.82, 2.24) is 9.97 Å². The van der Waals surface area contributed by atoms with Crippen molar-refractivity contribution >= 4 is 0 Å². The third kappa shape index (κ3) is 5.42. The summed E-state index contributed by atoms with van der Waals surface area (Å²) in [5, 5.41) is 29.6. The van der Waals surface area contributed by atoms with Crippen LogP contribution in [0.15, 0.2) is 36.7 Å². The van der Waals surface area contributed by atoms with Gasteiger partial charge in [-0.1, -0.05) is 0 Å². The number of nitrogens with zero attached hydrogens (tertiary/aromatic N) is 3. The summed E-state index contributed by atoms with van der Waals surface area (Å²) in [7, 11) is 0. The molecule has 0 spiro atoms. The van der Waals surface area contributed by atoms with E-state index in [2.05, 4.69) is 9.97 Å². The Labute approximate surface area is 165 Å². The van der Waals surface area contributed by atoms with Crippen molar-refractivity contribution in [2.45, 2.75) is 24.6 Å². The molecule has 2 N–H and O–H groups in total. The van der Waals surface area contributed by atoms with Crippen LogP contribution in [-0.4, -0.2) is 20.2 Å². The first-order valence-electron chi connectivity index (χ1n) is 7.27. The standard InChI is InChI=1S/C16H11F6N3O2.Cu/c17-15(18,19)11-5-8(1-3-24-11)13(26)10(7-23)14(27)9-2-4-25-12(6-9)16(20,21)22;/h1-6,10,13-14,26-27H;. The number of aliphatic hydroxyl groups is 2. The molecule has 0 aromatic carbocycles. The maximum atomic E-state index is 12.7. The van der Waals surface area contributed by atoms with Gasteiger partial charge in [0.25, 0.3) is 0 Å². The molecule has 1 radical (unpaired) electrons. The average Bonchev–Trinajstić information content (AvgIpc) is 2.61. The van der Waals surface area contributed by atoms with E-state index in [1.165, 1.54) is 6.07 Å². The molecule has 0 saturated carbocycles. The first kappa shape index (κ1) is 23.8. The molecule has 0 saturated heterocycles. The summed E-state index contributed by atoms with van der Waals surface area (Å²) in [5.41, 5.74) is -3.39. The first-order valence-corrected chi connectivity index (χ1v) is 7.27. The smallest absolute Gasteiger partial charge is 0.387 e. The Morgan fingerprint density at radius 3 is 1.46 bits per heavy atom. The van der Waals surface area contributed by atoms with Crippen LogP contribution in [0.25, 0.3) is 0 Å². The number of aliphatic hydroxyl groups excluding tert-OH is 2. The molecule has 28 heavy (non-hydrogen) atoms. The van der Waals surface area contributed by atoms with Crippen LogP contribution in [0, 0.1) is 17.2 Å². The van der Waals surface area contributed by atoms with Gasteiger partial charge < -0.3 is 10.2 Å². The van der Waals surface area contributed by atoms with Gasteiger partial charge >= 0.3 is 12.4 Å². The van der Waals surface area contributed by atoms with Crippen molar-refractivity contribution < 1.29 is 53.6 Å². The van der Waals surface area contributed by atoms with E-state index in [-0.39, 0.29) is 28.2 Å². The Balaban J connectivity index is 0.00000392. The van der Waals surface area contributed by atoms with Crippen LogP contribution in [0.4, 0.5) is 26.3 Å². The van der Waals surface area contributed by atoms with Crippen molar-refractivity contribution in [3.63, 3.8) is 0 Å². The average molecular weight is 455 g/mol. The topological polar surface area (TPSA) is 90.0 Å². The molecule has 5 nitrogen and oxygen atoms in total. The van der Waals surface area contributed by atoms with E-state index in [9.17, 15) is 41.8 Å². The van der Waals surface area contributed by atoms with E-state index < -0.39 is 41.9 Å².